The van der Waals surface area contributed by atoms with Crippen LogP contribution >= 0.6 is 11.3 Å². The van der Waals surface area contributed by atoms with E-state index in [1.807, 2.05) is 11.3 Å². The molecule has 0 aliphatic carbocycles. The topological polar surface area (TPSA) is 18.5 Å². The Bertz CT molecular complexity index is 389. The van der Waals surface area contributed by atoms with Gasteiger partial charge in [-0.1, -0.05) is 6.92 Å². The summed E-state index contributed by atoms with van der Waals surface area (Å²) in [5, 5.41) is 3.48. The summed E-state index contributed by atoms with van der Waals surface area (Å²) in [6.07, 6.45) is 3.89. The van der Waals surface area contributed by atoms with E-state index in [2.05, 4.69) is 48.3 Å². The predicted molar refractivity (Wildman–Crippen MR) is 88.3 cm³/mol. The molecule has 0 spiro atoms. The molecule has 1 fully saturated rings. The number of nitrogens with zero attached hydrogens (tertiary/aromatic N) is 2. The van der Waals surface area contributed by atoms with E-state index in [1.54, 1.807) is 0 Å². The smallest absolute Gasteiger partial charge is 0.0328 e. The second-order valence-corrected chi connectivity index (χ2v) is 7.29. The average Bonchev–Trinajstić information content (AvgIpc) is 2.87. The molecule has 1 aromatic heterocycles. The van der Waals surface area contributed by atoms with E-state index < -0.39 is 0 Å². The van der Waals surface area contributed by atoms with Crippen LogP contribution in [-0.2, 0) is 13.1 Å². The fourth-order valence-corrected chi connectivity index (χ4v) is 3.84. The normalized spacial score (nSPS) is 20.7. The van der Waals surface area contributed by atoms with Crippen molar-refractivity contribution in [1.29, 1.82) is 0 Å². The zero-order valence-corrected chi connectivity index (χ0v) is 14.0. The lowest BCUT2D eigenvalue weighted by Crippen LogP contribution is -2.44. The average molecular weight is 295 g/mol. The highest BCUT2D eigenvalue weighted by Crippen LogP contribution is 2.21. The molecule has 114 valence electrons. The molecule has 1 atom stereocenters. The highest BCUT2D eigenvalue weighted by Gasteiger charge is 2.21. The van der Waals surface area contributed by atoms with Crippen molar-refractivity contribution < 1.29 is 0 Å². The molecule has 3 nitrogen and oxygen atoms in total. The summed E-state index contributed by atoms with van der Waals surface area (Å²) < 4.78 is 0. The summed E-state index contributed by atoms with van der Waals surface area (Å²) in [7, 11) is 4.41. The van der Waals surface area contributed by atoms with E-state index >= 15 is 0 Å². The number of likely N-dealkylation sites (N-methyl/N-ethyl adjacent to an activating group) is 1. The lowest BCUT2D eigenvalue weighted by Gasteiger charge is -2.35. The maximum absolute atomic E-state index is 3.48. The van der Waals surface area contributed by atoms with Crippen molar-refractivity contribution in [2.75, 3.05) is 33.7 Å². The quantitative estimate of drug-likeness (QED) is 0.780. The van der Waals surface area contributed by atoms with Crippen LogP contribution in [0.15, 0.2) is 12.1 Å². The lowest BCUT2D eigenvalue weighted by atomic mass is 10.1. The maximum atomic E-state index is 3.48. The molecule has 4 heteroatoms. The molecule has 2 heterocycles. The number of nitrogens with one attached hydrogen (secondary N) is 1. The Hall–Kier alpha value is -0.420. The van der Waals surface area contributed by atoms with Gasteiger partial charge in [0.25, 0.3) is 0 Å². The van der Waals surface area contributed by atoms with Crippen LogP contribution in [0.3, 0.4) is 0 Å². The number of piperidine rings is 1. The Kier molecular flexibility index (Phi) is 6.49. The van der Waals surface area contributed by atoms with E-state index in [-0.39, 0.29) is 0 Å². The minimum atomic E-state index is 0.731. The third kappa shape index (κ3) is 4.85. The number of thiophene rings is 1. The molecule has 1 unspecified atom stereocenters. The molecular formula is C16H29N3S. The first-order valence-electron chi connectivity index (χ1n) is 7.86. The standard InChI is InChI=1S/C16H29N3S/c1-4-9-17-11-15-7-8-16(20-15)13-19-10-5-6-14(12-19)18(2)3/h7-8,14,17H,4-6,9-13H2,1-3H3. The molecule has 0 amide bonds. The third-order valence-electron chi connectivity index (χ3n) is 4.03. The fraction of sp³-hybridized carbons (Fsp3) is 0.750. The van der Waals surface area contributed by atoms with E-state index in [0.717, 1.165) is 25.7 Å². The van der Waals surface area contributed by atoms with Gasteiger partial charge in [0.1, 0.15) is 0 Å². The van der Waals surface area contributed by atoms with Gasteiger partial charge >= 0.3 is 0 Å². The number of hydrogen-bond donors (Lipinski definition) is 1. The van der Waals surface area contributed by atoms with Crippen LogP contribution < -0.4 is 5.32 Å². The van der Waals surface area contributed by atoms with Crippen molar-refractivity contribution in [2.24, 2.45) is 0 Å². The van der Waals surface area contributed by atoms with Crippen molar-refractivity contribution in [2.45, 2.75) is 45.3 Å². The van der Waals surface area contributed by atoms with Crippen LogP contribution in [0, 0.1) is 0 Å². The summed E-state index contributed by atoms with van der Waals surface area (Å²) >= 11 is 1.97. The molecule has 1 aliphatic heterocycles. The molecule has 2 rings (SSSR count). The van der Waals surface area contributed by atoms with Crippen molar-refractivity contribution in [1.82, 2.24) is 15.1 Å². The van der Waals surface area contributed by atoms with Gasteiger partial charge in [0.05, 0.1) is 0 Å². The first kappa shape index (κ1) is 16.0. The molecule has 1 aliphatic rings. The van der Waals surface area contributed by atoms with Crippen molar-refractivity contribution in [3.05, 3.63) is 21.9 Å². The van der Waals surface area contributed by atoms with E-state index in [1.165, 1.54) is 42.1 Å². The van der Waals surface area contributed by atoms with Crippen molar-refractivity contribution >= 4 is 11.3 Å². The van der Waals surface area contributed by atoms with Gasteiger partial charge in [-0.3, -0.25) is 4.90 Å². The van der Waals surface area contributed by atoms with Gasteiger partial charge in [0.2, 0.25) is 0 Å². The van der Waals surface area contributed by atoms with Gasteiger partial charge < -0.3 is 10.2 Å². The fourth-order valence-electron chi connectivity index (χ4n) is 2.81. The van der Waals surface area contributed by atoms with E-state index in [0.29, 0.717) is 0 Å². The summed E-state index contributed by atoms with van der Waals surface area (Å²) in [4.78, 5) is 7.97. The molecule has 20 heavy (non-hydrogen) atoms. The molecule has 0 aromatic carbocycles. The SMILES string of the molecule is CCCNCc1ccc(CN2CCCC(N(C)C)C2)s1. The van der Waals surface area contributed by atoms with Crippen LogP contribution in [0.1, 0.15) is 35.9 Å². The summed E-state index contributed by atoms with van der Waals surface area (Å²) in [6.45, 7) is 7.95. The van der Waals surface area contributed by atoms with Crippen molar-refractivity contribution in [3.8, 4) is 0 Å². The minimum Gasteiger partial charge on any atom is -0.312 e. The molecule has 1 saturated heterocycles. The molecule has 0 bridgehead atoms. The largest absolute Gasteiger partial charge is 0.312 e. The zero-order valence-electron chi connectivity index (χ0n) is 13.2. The van der Waals surface area contributed by atoms with E-state index in [4.69, 9.17) is 0 Å². The molecule has 0 radical (unpaired) electrons. The molecular weight excluding hydrogens is 266 g/mol. The van der Waals surface area contributed by atoms with Gasteiger partial charge in [-0.2, -0.15) is 0 Å². The Labute approximate surface area is 128 Å². The van der Waals surface area contributed by atoms with Crippen LogP contribution in [-0.4, -0.2) is 49.6 Å². The lowest BCUT2D eigenvalue weighted by molar-refractivity contribution is 0.129. The third-order valence-corrected chi connectivity index (χ3v) is 5.10. The van der Waals surface area contributed by atoms with Gasteiger partial charge in [-0.25, -0.2) is 0 Å². The van der Waals surface area contributed by atoms with Gasteiger partial charge in [-0.05, 0) is 58.6 Å². The highest BCUT2D eigenvalue weighted by atomic mass is 32.1. The summed E-state index contributed by atoms with van der Waals surface area (Å²) in [5.41, 5.74) is 0. The van der Waals surface area contributed by atoms with Crippen LogP contribution in [0.5, 0.6) is 0 Å². The number of rotatable bonds is 7. The van der Waals surface area contributed by atoms with Gasteiger partial charge in [-0.15, -0.1) is 11.3 Å². The zero-order chi connectivity index (χ0) is 14.4. The molecule has 1 N–H and O–H groups in total. The highest BCUT2D eigenvalue weighted by molar-refractivity contribution is 7.11. The summed E-state index contributed by atoms with van der Waals surface area (Å²) in [6, 6.07) is 5.33. The second kappa shape index (κ2) is 8.13. The predicted octanol–water partition coefficient (Wildman–Crippen LogP) is 2.77. The number of hydrogen-bond acceptors (Lipinski definition) is 4. The Morgan fingerprint density at radius 3 is 2.90 bits per heavy atom. The monoisotopic (exact) mass is 295 g/mol. The second-order valence-electron chi connectivity index (χ2n) is 6.04. The van der Waals surface area contributed by atoms with Gasteiger partial charge in [0, 0.05) is 35.4 Å². The Balaban J connectivity index is 1.80. The molecule has 1 aromatic rings. The van der Waals surface area contributed by atoms with Crippen LogP contribution in [0.2, 0.25) is 0 Å². The first-order valence-corrected chi connectivity index (χ1v) is 8.67. The van der Waals surface area contributed by atoms with Gasteiger partial charge in [0.15, 0.2) is 0 Å². The first-order chi connectivity index (χ1) is 9.69. The minimum absolute atomic E-state index is 0.731. The Morgan fingerprint density at radius 1 is 1.35 bits per heavy atom. The Morgan fingerprint density at radius 2 is 2.15 bits per heavy atom. The molecule has 0 saturated carbocycles. The number of likely N-dealkylation sites (tertiary alicyclic amines) is 1. The van der Waals surface area contributed by atoms with Crippen molar-refractivity contribution in [3.63, 3.8) is 0 Å². The van der Waals surface area contributed by atoms with Crippen LogP contribution in [0.4, 0.5) is 0 Å². The van der Waals surface area contributed by atoms with Crippen LogP contribution in [0.25, 0.3) is 0 Å². The van der Waals surface area contributed by atoms with E-state index in [9.17, 15) is 0 Å². The summed E-state index contributed by atoms with van der Waals surface area (Å²) in [5.74, 6) is 0. The maximum Gasteiger partial charge on any atom is 0.0328 e.